The van der Waals surface area contributed by atoms with Gasteiger partial charge in [-0.15, -0.1) is 0 Å². The van der Waals surface area contributed by atoms with E-state index < -0.39 is 5.91 Å². The van der Waals surface area contributed by atoms with Crippen molar-refractivity contribution >= 4 is 40.5 Å². The highest BCUT2D eigenvalue weighted by Crippen LogP contribution is 2.31. The van der Waals surface area contributed by atoms with Gasteiger partial charge in [0.05, 0.1) is 21.4 Å². The van der Waals surface area contributed by atoms with Crippen molar-refractivity contribution in [2.75, 3.05) is 11.1 Å². The van der Waals surface area contributed by atoms with Crippen LogP contribution in [0.5, 0.6) is 0 Å². The van der Waals surface area contributed by atoms with Gasteiger partial charge in [-0.2, -0.15) is 5.10 Å². The van der Waals surface area contributed by atoms with Crippen molar-refractivity contribution in [2.24, 2.45) is 0 Å². The molecule has 0 spiro atoms. The lowest BCUT2D eigenvalue weighted by atomic mass is 10.1. The molecule has 0 fully saturated rings. The lowest BCUT2D eigenvalue weighted by Gasteiger charge is -2.10. The summed E-state index contributed by atoms with van der Waals surface area (Å²) >= 11 is 11.9. The van der Waals surface area contributed by atoms with E-state index in [-0.39, 0.29) is 27.8 Å². The van der Waals surface area contributed by atoms with Crippen LogP contribution in [0.25, 0.3) is 11.3 Å². The normalized spacial score (nSPS) is 10.5. The number of benzene rings is 2. The standard InChI is InChI=1S/C18H14Cl2N4O2/c19-13-8-12(9-14(20)18(13)21)22-16(25)10-24-17(26)7-6-15(23-24)11-4-2-1-3-5-11/h1-9H,10,21H2,(H,22,25). The molecule has 0 saturated heterocycles. The molecule has 0 atom stereocenters. The Kier molecular flexibility index (Phi) is 5.25. The Morgan fingerprint density at radius 2 is 1.73 bits per heavy atom. The van der Waals surface area contributed by atoms with Crippen LogP contribution in [-0.4, -0.2) is 15.7 Å². The first-order chi connectivity index (χ1) is 12.4. The molecular weight excluding hydrogens is 375 g/mol. The minimum absolute atomic E-state index is 0.231. The topological polar surface area (TPSA) is 90.0 Å². The second-order valence-corrected chi connectivity index (χ2v) is 6.30. The minimum atomic E-state index is -0.443. The number of hydrogen-bond donors (Lipinski definition) is 2. The van der Waals surface area contributed by atoms with Crippen LogP contribution in [0.2, 0.25) is 10.0 Å². The first-order valence-corrected chi connectivity index (χ1v) is 8.37. The number of halogens is 2. The van der Waals surface area contributed by atoms with Crippen molar-refractivity contribution in [2.45, 2.75) is 6.54 Å². The summed E-state index contributed by atoms with van der Waals surface area (Å²) in [5.41, 5.74) is 7.34. The van der Waals surface area contributed by atoms with Gasteiger partial charge >= 0.3 is 0 Å². The smallest absolute Gasteiger partial charge is 0.267 e. The van der Waals surface area contributed by atoms with Gasteiger partial charge in [0.25, 0.3) is 5.56 Å². The highest BCUT2D eigenvalue weighted by Gasteiger charge is 2.11. The van der Waals surface area contributed by atoms with Gasteiger partial charge in [0.1, 0.15) is 6.54 Å². The zero-order chi connectivity index (χ0) is 18.7. The second-order valence-electron chi connectivity index (χ2n) is 5.48. The third kappa shape index (κ3) is 4.04. The molecule has 0 saturated carbocycles. The van der Waals surface area contributed by atoms with E-state index in [1.54, 1.807) is 6.07 Å². The van der Waals surface area contributed by atoms with Gasteiger partial charge in [0, 0.05) is 17.3 Å². The SMILES string of the molecule is Nc1c(Cl)cc(NC(=O)Cn2nc(-c3ccccc3)ccc2=O)cc1Cl. The van der Waals surface area contributed by atoms with E-state index in [0.29, 0.717) is 11.4 Å². The first-order valence-electron chi connectivity index (χ1n) is 7.62. The Bertz CT molecular complexity index is 996. The van der Waals surface area contributed by atoms with Crippen molar-refractivity contribution in [1.82, 2.24) is 9.78 Å². The molecule has 1 heterocycles. The number of carbonyl (C=O) groups excluding carboxylic acids is 1. The Morgan fingerprint density at radius 3 is 2.38 bits per heavy atom. The van der Waals surface area contributed by atoms with Gasteiger partial charge in [-0.25, -0.2) is 4.68 Å². The van der Waals surface area contributed by atoms with Crippen LogP contribution in [0.15, 0.2) is 59.4 Å². The largest absolute Gasteiger partial charge is 0.396 e. The summed E-state index contributed by atoms with van der Waals surface area (Å²) < 4.78 is 1.10. The number of nitrogens with two attached hydrogens (primary N) is 1. The fourth-order valence-electron chi connectivity index (χ4n) is 2.32. The number of rotatable bonds is 4. The van der Waals surface area contributed by atoms with E-state index in [0.717, 1.165) is 10.2 Å². The molecule has 0 radical (unpaired) electrons. The molecule has 0 bridgehead atoms. The molecule has 0 aliphatic carbocycles. The van der Waals surface area contributed by atoms with E-state index in [9.17, 15) is 9.59 Å². The number of anilines is 2. The Morgan fingerprint density at radius 1 is 1.08 bits per heavy atom. The van der Waals surface area contributed by atoms with Gasteiger partial charge in [0.2, 0.25) is 5.91 Å². The first kappa shape index (κ1) is 18.0. The highest BCUT2D eigenvalue weighted by atomic mass is 35.5. The van der Waals surface area contributed by atoms with E-state index >= 15 is 0 Å². The number of nitrogens with one attached hydrogen (secondary N) is 1. The fourth-order valence-corrected chi connectivity index (χ4v) is 2.81. The molecule has 3 aromatic rings. The average Bonchev–Trinajstić information content (AvgIpc) is 2.62. The number of aromatic nitrogens is 2. The highest BCUT2D eigenvalue weighted by molar-refractivity contribution is 6.39. The van der Waals surface area contributed by atoms with Crippen LogP contribution in [0.1, 0.15) is 0 Å². The summed E-state index contributed by atoms with van der Waals surface area (Å²) in [6.45, 7) is -0.251. The molecule has 26 heavy (non-hydrogen) atoms. The predicted octanol–water partition coefficient (Wildman–Crippen LogP) is 3.44. The van der Waals surface area contributed by atoms with Crippen molar-refractivity contribution < 1.29 is 4.79 Å². The molecule has 1 amide bonds. The molecule has 0 unspecified atom stereocenters. The number of nitrogens with zero attached hydrogens (tertiary/aromatic N) is 2. The Balaban J connectivity index is 1.80. The monoisotopic (exact) mass is 388 g/mol. The van der Waals surface area contributed by atoms with E-state index in [1.165, 1.54) is 18.2 Å². The summed E-state index contributed by atoms with van der Waals surface area (Å²) in [5, 5.41) is 7.33. The van der Waals surface area contributed by atoms with Gasteiger partial charge in [-0.3, -0.25) is 9.59 Å². The summed E-state index contributed by atoms with van der Waals surface area (Å²) in [7, 11) is 0. The lowest BCUT2D eigenvalue weighted by molar-refractivity contribution is -0.117. The van der Waals surface area contributed by atoms with Gasteiger partial charge in [-0.1, -0.05) is 53.5 Å². The van der Waals surface area contributed by atoms with Gasteiger partial charge in [0.15, 0.2) is 0 Å². The molecule has 6 nitrogen and oxygen atoms in total. The molecule has 1 aromatic heterocycles. The predicted molar refractivity (Wildman–Crippen MR) is 103 cm³/mol. The maximum atomic E-state index is 12.3. The van der Waals surface area contributed by atoms with Crippen molar-refractivity contribution in [3.05, 3.63) is 75.0 Å². The third-order valence-electron chi connectivity index (χ3n) is 3.59. The maximum Gasteiger partial charge on any atom is 0.267 e. The molecule has 3 N–H and O–H groups in total. The van der Waals surface area contributed by atoms with E-state index in [2.05, 4.69) is 10.4 Å². The van der Waals surface area contributed by atoms with Crippen molar-refractivity contribution in [1.29, 1.82) is 0 Å². The van der Waals surface area contributed by atoms with Crippen LogP contribution >= 0.6 is 23.2 Å². The number of hydrogen-bond acceptors (Lipinski definition) is 4. The summed E-state index contributed by atoms with van der Waals surface area (Å²) in [6.07, 6.45) is 0. The second kappa shape index (κ2) is 7.59. The zero-order valence-corrected chi connectivity index (χ0v) is 15.0. The quantitative estimate of drug-likeness (QED) is 0.669. The van der Waals surface area contributed by atoms with Crippen LogP contribution in [0, 0.1) is 0 Å². The molecule has 132 valence electrons. The summed E-state index contributed by atoms with van der Waals surface area (Å²) in [5.74, 6) is -0.443. The third-order valence-corrected chi connectivity index (χ3v) is 4.22. The van der Waals surface area contributed by atoms with E-state index in [1.807, 2.05) is 30.3 Å². The molecular formula is C18H14Cl2N4O2. The molecule has 8 heteroatoms. The van der Waals surface area contributed by atoms with Crippen molar-refractivity contribution in [3.63, 3.8) is 0 Å². The average molecular weight is 389 g/mol. The molecule has 3 rings (SSSR count). The van der Waals surface area contributed by atoms with E-state index in [4.69, 9.17) is 28.9 Å². The zero-order valence-electron chi connectivity index (χ0n) is 13.4. The van der Waals surface area contributed by atoms with Crippen LogP contribution in [0.3, 0.4) is 0 Å². The molecule has 2 aromatic carbocycles. The van der Waals surface area contributed by atoms with Gasteiger partial charge < -0.3 is 11.1 Å². The maximum absolute atomic E-state index is 12.3. The lowest BCUT2D eigenvalue weighted by Crippen LogP contribution is -2.29. The van der Waals surface area contributed by atoms with Crippen LogP contribution in [0.4, 0.5) is 11.4 Å². The summed E-state index contributed by atoms with van der Waals surface area (Å²) in [6, 6.07) is 15.3. The molecule has 0 aliphatic heterocycles. The minimum Gasteiger partial charge on any atom is -0.396 e. The fraction of sp³-hybridized carbons (Fsp3) is 0.0556. The molecule has 0 aliphatic rings. The Hall–Kier alpha value is -2.83. The Labute approximate surface area is 159 Å². The number of amides is 1. The van der Waals surface area contributed by atoms with Crippen LogP contribution < -0.4 is 16.6 Å². The number of carbonyl (C=O) groups is 1. The number of nitrogen functional groups attached to an aromatic ring is 1. The summed E-state index contributed by atoms with van der Waals surface area (Å²) in [4.78, 5) is 24.3. The van der Waals surface area contributed by atoms with Crippen molar-refractivity contribution in [3.8, 4) is 11.3 Å². The van der Waals surface area contributed by atoms with Crippen LogP contribution in [-0.2, 0) is 11.3 Å². The van der Waals surface area contributed by atoms with Gasteiger partial charge in [-0.05, 0) is 18.2 Å².